The van der Waals surface area contributed by atoms with Gasteiger partial charge in [-0.1, -0.05) is 22.9 Å². The van der Waals surface area contributed by atoms with Gasteiger partial charge in [0, 0.05) is 16.8 Å². The molecule has 1 amide bonds. The minimum atomic E-state index is -0.0902. The minimum Gasteiger partial charge on any atom is -0.347 e. The first-order valence-corrected chi connectivity index (χ1v) is 6.09. The lowest BCUT2D eigenvalue weighted by Gasteiger charge is -2.12. The van der Waals surface area contributed by atoms with Gasteiger partial charge in [0.05, 0.1) is 5.51 Å². The monoisotopic (exact) mass is 262 g/mol. The summed E-state index contributed by atoms with van der Waals surface area (Å²) in [7, 11) is 0. The Morgan fingerprint density at radius 1 is 1.85 bits per heavy atom. The maximum atomic E-state index is 11.4. The molecule has 72 valence electrons. The summed E-state index contributed by atoms with van der Waals surface area (Å²) in [6.45, 7) is 2.03. The fourth-order valence-corrected chi connectivity index (χ4v) is 1.99. The number of carbonyl (C=O) groups excluding carboxylic acids is 1. The topological polar surface area (TPSA) is 42.0 Å². The van der Waals surface area contributed by atoms with Gasteiger partial charge in [-0.3, -0.25) is 4.79 Å². The van der Waals surface area contributed by atoms with Gasteiger partial charge in [-0.15, -0.1) is 11.3 Å². The van der Waals surface area contributed by atoms with Gasteiger partial charge in [0.25, 0.3) is 5.91 Å². The predicted octanol–water partition coefficient (Wildman–Crippen LogP) is 2.05. The van der Waals surface area contributed by atoms with E-state index in [0.717, 1.165) is 11.8 Å². The van der Waals surface area contributed by atoms with Gasteiger partial charge in [0.1, 0.15) is 5.69 Å². The van der Waals surface area contributed by atoms with Crippen LogP contribution in [0.1, 0.15) is 23.8 Å². The van der Waals surface area contributed by atoms with Gasteiger partial charge in [0.15, 0.2) is 0 Å². The lowest BCUT2D eigenvalue weighted by Crippen LogP contribution is -2.35. The Kier molecular flexibility index (Phi) is 4.38. The highest BCUT2D eigenvalue weighted by Gasteiger charge is 2.11. The smallest absolute Gasteiger partial charge is 0.270 e. The van der Waals surface area contributed by atoms with Crippen LogP contribution in [0, 0.1) is 0 Å². The first-order valence-electron chi connectivity index (χ1n) is 4.03. The van der Waals surface area contributed by atoms with Crippen LogP contribution in [-0.2, 0) is 0 Å². The number of hydrogen-bond donors (Lipinski definition) is 1. The molecular formula is C8H11BrN2OS. The first kappa shape index (κ1) is 10.7. The lowest BCUT2D eigenvalue weighted by atomic mass is 10.2. The van der Waals surface area contributed by atoms with Crippen LogP contribution in [0.4, 0.5) is 0 Å². The van der Waals surface area contributed by atoms with Crippen molar-refractivity contribution in [3.05, 3.63) is 16.6 Å². The molecule has 1 unspecified atom stereocenters. The lowest BCUT2D eigenvalue weighted by molar-refractivity contribution is 0.0936. The van der Waals surface area contributed by atoms with E-state index in [9.17, 15) is 4.79 Å². The Hall–Kier alpha value is -0.420. The van der Waals surface area contributed by atoms with Crippen LogP contribution in [0.2, 0.25) is 0 Å². The Morgan fingerprint density at radius 3 is 3.08 bits per heavy atom. The highest BCUT2D eigenvalue weighted by Crippen LogP contribution is 2.03. The van der Waals surface area contributed by atoms with E-state index < -0.39 is 0 Å². The predicted molar refractivity (Wildman–Crippen MR) is 57.5 cm³/mol. The van der Waals surface area contributed by atoms with E-state index in [2.05, 4.69) is 26.2 Å². The maximum Gasteiger partial charge on any atom is 0.270 e. The van der Waals surface area contributed by atoms with Crippen LogP contribution >= 0.6 is 27.3 Å². The molecule has 1 N–H and O–H groups in total. The molecule has 1 rings (SSSR count). The molecule has 0 aliphatic heterocycles. The summed E-state index contributed by atoms with van der Waals surface area (Å²) in [5.74, 6) is -0.0902. The summed E-state index contributed by atoms with van der Waals surface area (Å²) in [5, 5.41) is 5.40. The highest BCUT2D eigenvalue weighted by molar-refractivity contribution is 9.09. The van der Waals surface area contributed by atoms with Gasteiger partial charge in [0.2, 0.25) is 0 Å². The summed E-state index contributed by atoms with van der Waals surface area (Å²) >= 11 is 4.76. The van der Waals surface area contributed by atoms with Crippen molar-refractivity contribution in [1.82, 2.24) is 10.3 Å². The molecular weight excluding hydrogens is 252 g/mol. The summed E-state index contributed by atoms with van der Waals surface area (Å²) in [5.41, 5.74) is 2.16. The van der Waals surface area contributed by atoms with Crippen LogP contribution in [0.25, 0.3) is 0 Å². The molecule has 0 saturated carbocycles. The van der Waals surface area contributed by atoms with Crippen molar-refractivity contribution in [3.8, 4) is 0 Å². The van der Waals surface area contributed by atoms with Crippen LogP contribution in [-0.4, -0.2) is 22.3 Å². The fraction of sp³-hybridized carbons (Fsp3) is 0.500. The van der Waals surface area contributed by atoms with E-state index in [0.29, 0.717) is 5.69 Å². The normalized spacial score (nSPS) is 12.5. The number of alkyl halides is 1. The van der Waals surface area contributed by atoms with E-state index in [1.54, 1.807) is 10.9 Å². The molecule has 13 heavy (non-hydrogen) atoms. The Balaban J connectivity index is 2.50. The average molecular weight is 263 g/mol. The Morgan fingerprint density at radius 2 is 2.62 bits per heavy atom. The zero-order chi connectivity index (χ0) is 9.68. The van der Waals surface area contributed by atoms with E-state index in [4.69, 9.17) is 0 Å². The SMILES string of the molecule is CCC(CBr)NC(=O)c1cscn1. The van der Waals surface area contributed by atoms with Gasteiger partial charge in [-0.25, -0.2) is 4.98 Å². The number of nitrogens with one attached hydrogen (secondary N) is 1. The first-order chi connectivity index (χ1) is 6.27. The molecule has 0 saturated heterocycles. The van der Waals surface area contributed by atoms with Gasteiger partial charge in [-0.2, -0.15) is 0 Å². The molecule has 0 aliphatic carbocycles. The van der Waals surface area contributed by atoms with Crippen molar-refractivity contribution in [2.45, 2.75) is 19.4 Å². The number of thiazole rings is 1. The van der Waals surface area contributed by atoms with Gasteiger partial charge in [-0.05, 0) is 6.42 Å². The van der Waals surface area contributed by atoms with Crippen LogP contribution in [0.3, 0.4) is 0 Å². The van der Waals surface area contributed by atoms with Gasteiger partial charge < -0.3 is 5.32 Å². The van der Waals surface area contributed by atoms with Crippen molar-refractivity contribution < 1.29 is 4.79 Å². The molecule has 0 fully saturated rings. The van der Waals surface area contributed by atoms with E-state index in [1.807, 2.05) is 6.92 Å². The van der Waals surface area contributed by atoms with Crippen molar-refractivity contribution >= 4 is 33.2 Å². The van der Waals surface area contributed by atoms with Crippen molar-refractivity contribution in [3.63, 3.8) is 0 Å². The fourth-order valence-electron chi connectivity index (χ4n) is 0.834. The Bertz CT molecular complexity index is 259. The number of amides is 1. The molecule has 1 aromatic heterocycles. The molecule has 1 aromatic rings. The van der Waals surface area contributed by atoms with Gasteiger partial charge >= 0.3 is 0 Å². The van der Waals surface area contributed by atoms with Crippen LogP contribution < -0.4 is 5.32 Å². The molecule has 5 heteroatoms. The zero-order valence-corrected chi connectivity index (χ0v) is 9.69. The maximum absolute atomic E-state index is 11.4. The summed E-state index contributed by atoms with van der Waals surface area (Å²) < 4.78 is 0. The van der Waals surface area contributed by atoms with Crippen LogP contribution in [0.5, 0.6) is 0 Å². The van der Waals surface area contributed by atoms with Crippen molar-refractivity contribution in [1.29, 1.82) is 0 Å². The standard InChI is InChI=1S/C8H11BrN2OS/c1-2-6(3-9)11-8(12)7-4-13-5-10-7/h4-6H,2-3H2,1H3,(H,11,12). The Labute approximate surface area is 89.7 Å². The second-order valence-electron chi connectivity index (χ2n) is 2.61. The van der Waals surface area contributed by atoms with E-state index in [-0.39, 0.29) is 11.9 Å². The summed E-state index contributed by atoms with van der Waals surface area (Å²) in [6.07, 6.45) is 0.918. The number of rotatable bonds is 4. The second-order valence-corrected chi connectivity index (χ2v) is 3.97. The highest BCUT2D eigenvalue weighted by atomic mass is 79.9. The molecule has 0 aliphatic rings. The zero-order valence-electron chi connectivity index (χ0n) is 7.29. The minimum absolute atomic E-state index is 0.0902. The third kappa shape index (κ3) is 3.08. The third-order valence-electron chi connectivity index (χ3n) is 1.68. The number of aromatic nitrogens is 1. The summed E-state index contributed by atoms with van der Waals surface area (Å²) in [4.78, 5) is 15.4. The van der Waals surface area contributed by atoms with E-state index >= 15 is 0 Å². The molecule has 3 nitrogen and oxygen atoms in total. The average Bonchev–Trinajstić information content (AvgIpc) is 2.66. The number of hydrogen-bond acceptors (Lipinski definition) is 3. The third-order valence-corrected chi connectivity index (χ3v) is 3.05. The summed E-state index contributed by atoms with van der Waals surface area (Å²) in [6, 6.07) is 0.189. The molecule has 0 radical (unpaired) electrons. The molecule has 1 heterocycles. The molecule has 0 bridgehead atoms. The largest absolute Gasteiger partial charge is 0.347 e. The van der Waals surface area contributed by atoms with E-state index in [1.165, 1.54) is 11.3 Å². The number of carbonyl (C=O) groups is 1. The molecule has 0 aromatic carbocycles. The number of nitrogens with zero attached hydrogens (tertiary/aromatic N) is 1. The molecule has 1 atom stereocenters. The van der Waals surface area contributed by atoms with Crippen molar-refractivity contribution in [2.24, 2.45) is 0 Å². The second kappa shape index (κ2) is 5.34. The quantitative estimate of drug-likeness (QED) is 0.845. The van der Waals surface area contributed by atoms with Crippen molar-refractivity contribution in [2.75, 3.05) is 5.33 Å². The molecule has 0 spiro atoms. The number of halogens is 1. The van der Waals surface area contributed by atoms with Crippen LogP contribution in [0.15, 0.2) is 10.9 Å².